The summed E-state index contributed by atoms with van der Waals surface area (Å²) in [6, 6.07) is 85.1. The van der Waals surface area contributed by atoms with Gasteiger partial charge in [-0.05, 0) is 152 Å². The standard InChI is InChI=1S/C44H24F2N8.4C12H8N2.2ClH.Ru/c45-27-12-16-29(17-13-27)53-41-33-10-4-22-49-37(33)35-31(8-2-20-47-35)39(41)51-43(53)25-6-1-7-26(24-25)44-52-40-32-9-3-21-48-36(32)38-34(11-5-23-50-38)42(40)54(44)30-18-14-28(46)15-19-30;4*1-3-9-5-6-10-4-2-8-14-12(10)11(9)13-7-1;;;/h1-24H;4*1-8H;2*1H;/q;;;;;;;+2/p-2. The molecule has 0 atom stereocenters. The minimum atomic E-state index is -0.335. The zero-order chi connectivity index (χ0) is 73.4. The van der Waals surface area contributed by atoms with Gasteiger partial charge in [-0.25, -0.2) is 18.7 Å². The van der Waals surface area contributed by atoms with Gasteiger partial charge in [0, 0.05) is 161 Å². The number of pyridine rings is 12. The molecule has 14 aromatic heterocycles. The number of aromatic nitrogens is 16. The van der Waals surface area contributed by atoms with Crippen molar-refractivity contribution in [1.82, 2.24) is 78.9 Å². The molecule has 0 saturated carbocycles. The summed E-state index contributed by atoms with van der Waals surface area (Å²) in [5, 5.41) is 12.6. The molecule has 21 heteroatoms. The number of halogens is 4. The molecule has 0 aliphatic rings. The Labute approximate surface area is 667 Å². The molecule has 0 saturated heterocycles. The fourth-order valence-electron chi connectivity index (χ4n) is 14.4. The fraction of sp³-hybridized carbons (Fsp3) is 0. The predicted molar refractivity (Wildman–Crippen MR) is 436 cm³/mol. The monoisotopic (exact) mass is 1590 g/mol. The molecular formula is C92H56Cl2F2N16Ru. The van der Waals surface area contributed by atoms with Crippen LogP contribution in [0.4, 0.5) is 8.78 Å². The van der Waals surface area contributed by atoms with Crippen LogP contribution in [-0.4, -0.2) is 78.9 Å². The summed E-state index contributed by atoms with van der Waals surface area (Å²) < 4.78 is 32.9. The van der Waals surface area contributed by atoms with Crippen molar-refractivity contribution in [2.24, 2.45) is 0 Å². The van der Waals surface area contributed by atoms with Gasteiger partial charge in [-0.15, -0.1) is 0 Å². The van der Waals surface area contributed by atoms with E-state index in [0.29, 0.717) is 11.6 Å². The van der Waals surface area contributed by atoms with Crippen LogP contribution in [-0.2, 0) is 19.5 Å². The number of fused-ring (bicyclic) bond motifs is 24. The number of hydrogen-bond acceptors (Lipinski definition) is 14. The minimum Gasteiger partial charge on any atom is -1.00 e. The maximum Gasteiger partial charge on any atom is 2.00 e. The Morgan fingerprint density at radius 2 is 0.416 bits per heavy atom. The van der Waals surface area contributed by atoms with Crippen molar-refractivity contribution in [3.63, 3.8) is 0 Å². The Hall–Kier alpha value is -14.1. The zero-order valence-electron chi connectivity index (χ0n) is 59.4. The van der Waals surface area contributed by atoms with Gasteiger partial charge in [0.2, 0.25) is 0 Å². The summed E-state index contributed by atoms with van der Waals surface area (Å²) in [6.45, 7) is 0. The van der Waals surface area contributed by atoms with Crippen LogP contribution < -0.4 is 24.8 Å². The summed E-state index contributed by atoms with van der Waals surface area (Å²) in [6.07, 6.45) is 21.5. The molecule has 14 heterocycles. The Morgan fingerprint density at radius 1 is 0.204 bits per heavy atom. The van der Waals surface area contributed by atoms with Crippen LogP contribution in [0, 0.1) is 11.6 Å². The van der Waals surface area contributed by atoms with Crippen molar-refractivity contribution < 1.29 is 53.1 Å². The summed E-state index contributed by atoms with van der Waals surface area (Å²) in [4.78, 5) is 64.3. The fourth-order valence-corrected chi connectivity index (χ4v) is 14.4. The topological polar surface area (TPSA) is 190 Å². The number of imidazole rings is 2. The van der Waals surface area contributed by atoms with E-state index in [2.05, 4.69) is 152 Å². The van der Waals surface area contributed by atoms with Crippen LogP contribution in [0.1, 0.15) is 0 Å². The van der Waals surface area contributed by atoms with E-state index in [0.717, 1.165) is 175 Å². The number of hydrogen-bond donors (Lipinski definition) is 0. The van der Waals surface area contributed by atoms with Crippen molar-refractivity contribution in [3.8, 4) is 34.2 Å². The maximum atomic E-state index is 14.4. The van der Waals surface area contributed by atoms with Gasteiger partial charge in [-0.1, -0.05) is 115 Å². The van der Waals surface area contributed by atoms with E-state index < -0.39 is 0 Å². The van der Waals surface area contributed by atoms with Crippen LogP contribution >= 0.6 is 0 Å². The van der Waals surface area contributed by atoms with Gasteiger partial charge in [0.15, 0.2) is 0 Å². The smallest absolute Gasteiger partial charge is 1.00 e. The summed E-state index contributed by atoms with van der Waals surface area (Å²) in [7, 11) is 0. The van der Waals surface area contributed by atoms with Crippen molar-refractivity contribution in [2.75, 3.05) is 0 Å². The molecule has 16 nitrogen and oxygen atoms in total. The molecule has 540 valence electrons. The van der Waals surface area contributed by atoms with Crippen LogP contribution in [0.3, 0.4) is 0 Å². The van der Waals surface area contributed by atoms with Crippen LogP contribution in [0.5, 0.6) is 0 Å². The molecule has 0 aliphatic heterocycles. The first-order valence-corrected chi connectivity index (χ1v) is 35.5. The van der Waals surface area contributed by atoms with Crippen LogP contribution in [0.25, 0.3) is 187 Å². The summed E-state index contributed by atoms with van der Waals surface area (Å²) >= 11 is 0. The van der Waals surface area contributed by atoms with E-state index in [4.69, 9.17) is 29.9 Å². The van der Waals surface area contributed by atoms with E-state index >= 15 is 0 Å². The Kier molecular flexibility index (Phi) is 20.6. The van der Waals surface area contributed by atoms with Gasteiger partial charge in [0.25, 0.3) is 0 Å². The van der Waals surface area contributed by atoms with E-state index in [1.165, 1.54) is 24.3 Å². The summed E-state index contributed by atoms with van der Waals surface area (Å²) in [5.41, 5.74) is 17.1. The first kappa shape index (κ1) is 73.1. The van der Waals surface area contributed by atoms with Gasteiger partial charge in [-0.3, -0.25) is 68.9 Å². The number of nitrogens with zero attached hydrogens (tertiary/aromatic N) is 16. The van der Waals surface area contributed by atoms with E-state index in [9.17, 15) is 8.78 Å². The molecule has 113 heavy (non-hydrogen) atoms. The van der Waals surface area contributed by atoms with Crippen LogP contribution in [0.2, 0.25) is 0 Å². The molecule has 0 radical (unpaired) electrons. The van der Waals surface area contributed by atoms with Crippen molar-refractivity contribution in [1.29, 1.82) is 0 Å². The van der Waals surface area contributed by atoms with Crippen molar-refractivity contribution in [2.45, 2.75) is 0 Å². The number of benzene rings is 9. The quantitative estimate of drug-likeness (QED) is 0.119. The maximum absolute atomic E-state index is 14.4. The van der Waals surface area contributed by atoms with E-state index in [1.54, 1.807) is 98.6 Å². The molecule has 0 N–H and O–H groups in total. The molecule has 0 spiro atoms. The molecule has 0 bridgehead atoms. The molecule has 23 rings (SSSR count). The Balaban J connectivity index is 0.000000130. The van der Waals surface area contributed by atoms with Gasteiger partial charge in [0.05, 0.1) is 88.3 Å². The molecule has 0 aliphatic carbocycles. The normalized spacial score (nSPS) is 11.1. The van der Waals surface area contributed by atoms with Crippen LogP contribution in [0.15, 0.2) is 341 Å². The Morgan fingerprint density at radius 3 is 0.664 bits per heavy atom. The van der Waals surface area contributed by atoms with E-state index in [-0.39, 0.29) is 55.9 Å². The third-order valence-electron chi connectivity index (χ3n) is 19.4. The third kappa shape index (κ3) is 13.8. The first-order valence-electron chi connectivity index (χ1n) is 35.5. The SMILES string of the molecule is Fc1ccc(-n2c(-c3cccc(-c4nc5c6cccnc6c6ncccc6c5n4-c4ccc(F)cc4)c3)nc3c4cccnc4c4ncccc4c32)cc1.[Cl-].[Cl-].[Ru+2].c1cnc2c(c1)ccc1cccnc12.c1cnc2c(c1)ccc1cccnc12.c1cnc2c(c1)ccc1cccnc12.c1cnc2c(c1)ccc1cccnc12. The minimum absolute atomic E-state index is 0. The van der Waals surface area contributed by atoms with Crippen molar-refractivity contribution >= 4 is 153 Å². The van der Waals surface area contributed by atoms with Gasteiger partial charge in [0.1, 0.15) is 23.3 Å². The molecular weight excluding hydrogens is 1540 g/mol. The molecule has 0 unspecified atom stereocenters. The predicted octanol–water partition coefficient (Wildman–Crippen LogP) is 15.3. The summed E-state index contributed by atoms with van der Waals surface area (Å²) in [5.74, 6) is 0.624. The second-order valence-corrected chi connectivity index (χ2v) is 25.9. The molecule has 0 fully saturated rings. The second-order valence-electron chi connectivity index (χ2n) is 25.9. The first-order chi connectivity index (χ1) is 54.4. The third-order valence-corrected chi connectivity index (χ3v) is 19.4. The average Bonchev–Trinajstić information content (AvgIpc) is 1.57. The second kappa shape index (κ2) is 31.8. The van der Waals surface area contributed by atoms with Gasteiger partial charge < -0.3 is 24.8 Å². The van der Waals surface area contributed by atoms with Gasteiger partial charge >= 0.3 is 19.5 Å². The van der Waals surface area contributed by atoms with Crippen molar-refractivity contribution in [3.05, 3.63) is 353 Å². The average molecular weight is 1600 g/mol. The number of rotatable bonds is 4. The largest absolute Gasteiger partial charge is 2.00 e. The molecule has 9 aromatic carbocycles. The Bertz CT molecular complexity index is 6630. The molecule has 23 aromatic rings. The van der Waals surface area contributed by atoms with Gasteiger partial charge in [-0.2, -0.15) is 0 Å². The van der Waals surface area contributed by atoms with E-state index in [1.807, 2.05) is 115 Å². The zero-order valence-corrected chi connectivity index (χ0v) is 62.6. The molecule has 0 amide bonds.